The zero-order chi connectivity index (χ0) is 41.3. The maximum absolute atomic E-state index is 14.7. The lowest BCUT2D eigenvalue weighted by Crippen LogP contribution is -2.60. The van der Waals surface area contributed by atoms with Crippen LogP contribution in [-0.4, -0.2) is 129 Å². The van der Waals surface area contributed by atoms with Crippen LogP contribution in [0.1, 0.15) is 73.6 Å². The molecule has 2 saturated carbocycles. The molecule has 17 nitrogen and oxygen atoms in total. The van der Waals surface area contributed by atoms with E-state index in [2.05, 4.69) is 20.5 Å². The molecule has 3 heterocycles. The van der Waals surface area contributed by atoms with Crippen LogP contribution >= 0.6 is 0 Å². The first-order chi connectivity index (χ1) is 26.8. The number of amides is 4. The maximum atomic E-state index is 14.7. The number of aromatic nitrogens is 1. The fourth-order valence-corrected chi connectivity index (χ4v) is 8.62. The number of carbonyl (C=O) groups excluding carboxylic acids is 4. The SMILES string of the molecule is CCC1C[C@]1(NC(=O)[C@@H]1C[C@@H](Oc2nccc3cc(OC)ccc23)CN1C(=O)[C@@H](NC(=O)OC(C)(C)CN1CCOCC1)C(C)(C)C)C(=O)NS(=O)(=O)OC1CC1. The lowest BCUT2D eigenvalue weighted by molar-refractivity contribution is -0.143. The largest absolute Gasteiger partial charge is 0.497 e. The number of hydrogen-bond donors (Lipinski definition) is 3. The number of pyridine rings is 1. The van der Waals surface area contributed by atoms with E-state index in [1.165, 1.54) is 4.90 Å². The van der Waals surface area contributed by atoms with Crippen LogP contribution in [0.15, 0.2) is 30.5 Å². The van der Waals surface area contributed by atoms with Gasteiger partial charge in [-0.2, -0.15) is 8.42 Å². The van der Waals surface area contributed by atoms with E-state index in [1.54, 1.807) is 54.0 Å². The Balaban J connectivity index is 1.24. The smallest absolute Gasteiger partial charge is 0.408 e. The first kappa shape index (κ1) is 42.3. The van der Waals surface area contributed by atoms with E-state index in [1.807, 2.05) is 29.8 Å². The molecule has 18 heteroatoms. The summed E-state index contributed by atoms with van der Waals surface area (Å²) in [7, 11) is -2.84. The number of methoxy groups -OCH3 is 1. The van der Waals surface area contributed by atoms with Crippen molar-refractivity contribution in [3.8, 4) is 11.6 Å². The molecule has 1 aromatic carbocycles. The molecule has 314 valence electrons. The highest BCUT2D eigenvalue weighted by Crippen LogP contribution is 2.47. The van der Waals surface area contributed by atoms with Crippen molar-refractivity contribution in [3.05, 3.63) is 30.5 Å². The Morgan fingerprint density at radius 3 is 2.40 bits per heavy atom. The minimum Gasteiger partial charge on any atom is -0.497 e. The Labute approximate surface area is 334 Å². The van der Waals surface area contributed by atoms with Crippen molar-refractivity contribution in [2.24, 2.45) is 11.3 Å². The predicted molar refractivity (Wildman–Crippen MR) is 207 cm³/mol. The van der Waals surface area contributed by atoms with Gasteiger partial charge in [0.2, 0.25) is 17.7 Å². The van der Waals surface area contributed by atoms with Gasteiger partial charge in [0.1, 0.15) is 35.1 Å². The van der Waals surface area contributed by atoms with Gasteiger partial charge in [-0.25, -0.2) is 14.5 Å². The van der Waals surface area contributed by atoms with Gasteiger partial charge in [-0.1, -0.05) is 34.1 Å². The van der Waals surface area contributed by atoms with E-state index in [9.17, 15) is 27.6 Å². The molecule has 1 unspecified atom stereocenters. The van der Waals surface area contributed by atoms with Crippen molar-refractivity contribution in [1.29, 1.82) is 0 Å². The van der Waals surface area contributed by atoms with Crippen LogP contribution in [0.25, 0.3) is 10.8 Å². The molecule has 2 saturated heterocycles. The summed E-state index contributed by atoms with van der Waals surface area (Å²) in [6.45, 7) is 13.8. The summed E-state index contributed by atoms with van der Waals surface area (Å²) in [5, 5.41) is 7.11. The van der Waals surface area contributed by atoms with E-state index in [0.29, 0.717) is 63.2 Å². The number of likely N-dealkylation sites (tertiary alicyclic amines) is 1. The van der Waals surface area contributed by atoms with E-state index >= 15 is 0 Å². The Hall–Kier alpha value is -4.26. The van der Waals surface area contributed by atoms with Gasteiger partial charge in [0.15, 0.2) is 0 Å². The number of fused-ring (bicyclic) bond motifs is 1. The highest BCUT2D eigenvalue weighted by Gasteiger charge is 2.62. The summed E-state index contributed by atoms with van der Waals surface area (Å²) in [6.07, 6.45) is 1.41. The van der Waals surface area contributed by atoms with Crippen LogP contribution in [0.2, 0.25) is 0 Å². The molecule has 4 amide bonds. The van der Waals surface area contributed by atoms with Gasteiger partial charge in [0.05, 0.1) is 33.0 Å². The molecule has 2 aliphatic heterocycles. The third-order valence-corrected chi connectivity index (χ3v) is 11.8. The first-order valence-electron chi connectivity index (χ1n) is 19.6. The molecule has 4 fully saturated rings. The number of ether oxygens (including phenoxy) is 4. The monoisotopic (exact) mass is 816 g/mol. The van der Waals surface area contributed by atoms with Crippen molar-refractivity contribution in [2.75, 3.05) is 46.5 Å². The summed E-state index contributed by atoms with van der Waals surface area (Å²) in [5.74, 6) is -1.55. The molecule has 2 aliphatic carbocycles. The molecule has 1 aromatic heterocycles. The average molecular weight is 817 g/mol. The molecule has 57 heavy (non-hydrogen) atoms. The van der Waals surface area contributed by atoms with Crippen LogP contribution in [-0.2, 0) is 38.3 Å². The van der Waals surface area contributed by atoms with Gasteiger partial charge >= 0.3 is 16.4 Å². The second-order valence-electron chi connectivity index (χ2n) is 17.1. The Kier molecular flexibility index (Phi) is 12.3. The van der Waals surface area contributed by atoms with Gasteiger partial charge < -0.3 is 34.5 Å². The Morgan fingerprint density at radius 2 is 1.77 bits per heavy atom. The quantitative estimate of drug-likeness (QED) is 0.237. The van der Waals surface area contributed by atoms with Gasteiger partial charge in [-0.05, 0) is 74.1 Å². The number of rotatable bonds is 15. The number of benzene rings is 1. The van der Waals surface area contributed by atoms with Gasteiger partial charge in [-0.3, -0.25) is 23.5 Å². The summed E-state index contributed by atoms with van der Waals surface area (Å²) in [4.78, 5) is 64.2. The molecule has 0 bridgehead atoms. The number of nitrogens with zero attached hydrogens (tertiary/aromatic N) is 3. The van der Waals surface area contributed by atoms with Crippen LogP contribution < -0.4 is 24.8 Å². The maximum Gasteiger partial charge on any atom is 0.408 e. The van der Waals surface area contributed by atoms with Crippen LogP contribution in [0, 0.1) is 11.3 Å². The summed E-state index contributed by atoms with van der Waals surface area (Å²) < 4.78 is 55.4. The Morgan fingerprint density at radius 1 is 1.05 bits per heavy atom. The fourth-order valence-electron chi connectivity index (χ4n) is 7.61. The Bertz CT molecular complexity index is 1950. The summed E-state index contributed by atoms with van der Waals surface area (Å²) in [5.41, 5.74) is -3.28. The molecule has 3 N–H and O–H groups in total. The van der Waals surface area contributed by atoms with Crippen molar-refractivity contribution in [3.63, 3.8) is 0 Å². The molecular weight excluding hydrogens is 761 g/mol. The molecular formula is C39H56N6O11S. The molecule has 4 aliphatic rings. The average Bonchev–Trinajstić information content (AvgIpc) is 4.05. The standard InChI is InChI=1S/C39H56N6O11S/c1-8-25-21-39(25,35(48)43-57(50,51)56-26-9-10-26)42-32(46)30-20-28(54-33-29-12-11-27(52-7)19-24(29)13-14-40-33)22-45(30)34(47)31(37(2,3)4)41-36(49)55-38(5,6)23-44-15-17-53-18-16-44/h11-14,19,25-26,28,30-31H,8-10,15-18,20-23H2,1-7H3,(H,41,49)(H,42,46)(H,43,48)/t25?,28-,30+,31-,39-/m1/s1. The van der Waals surface area contributed by atoms with E-state index < -0.39 is 75.0 Å². The molecule has 6 rings (SSSR count). The fraction of sp³-hybridized carbons (Fsp3) is 0.667. The van der Waals surface area contributed by atoms with Crippen molar-refractivity contribution < 1.29 is 50.7 Å². The van der Waals surface area contributed by atoms with Gasteiger partial charge in [0, 0.05) is 37.6 Å². The summed E-state index contributed by atoms with van der Waals surface area (Å²) >= 11 is 0. The lowest BCUT2D eigenvalue weighted by Gasteiger charge is -2.37. The normalized spacial score (nSPS) is 24.7. The predicted octanol–water partition coefficient (Wildman–Crippen LogP) is 2.67. The third kappa shape index (κ3) is 10.3. The topological polar surface area (TPSA) is 204 Å². The molecule has 2 aromatic rings. The lowest BCUT2D eigenvalue weighted by atomic mass is 9.85. The minimum atomic E-state index is -4.41. The van der Waals surface area contributed by atoms with Crippen molar-refractivity contribution in [1.82, 2.24) is 30.1 Å². The zero-order valence-electron chi connectivity index (χ0n) is 33.8. The number of morpholine rings is 1. The number of carbonyl (C=O) groups is 4. The van der Waals surface area contributed by atoms with Crippen molar-refractivity contribution in [2.45, 2.75) is 109 Å². The highest BCUT2D eigenvalue weighted by atomic mass is 32.2. The summed E-state index contributed by atoms with van der Waals surface area (Å²) in [6, 6.07) is 4.93. The first-order valence-corrected chi connectivity index (χ1v) is 21.0. The molecule has 0 spiro atoms. The minimum absolute atomic E-state index is 0.0112. The molecule has 5 atom stereocenters. The van der Waals surface area contributed by atoms with E-state index in [-0.39, 0.29) is 31.2 Å². The van der Waals surface area contributed by atoms with Gasteiger partial charge in [-0.15, -0.1) is 0 Å². The van der Waals surface area contributed by atoms with Crippen LogP contribution in [0.5, 0.6) is 11.6 Å². The zero-order valence-corrected chi connectivity index (χ0v) is 34.6. The third-order valence-electron chi connectivity index (χ3n) is 10.9. The van der Waals surface area contributed by atoms with Crippen LogP contribution in [0.3, 0.4) is 0 Å². The second-order valence-corrected chi connectivity index (χ2v) is 18.4. The second kappa shape index (κ2) is 16.5. The number of nitrogens with one attached hydrogen (secondary N) is 3. The van der Waals surface area contributed by atoms with E-state index in [4.69, 9.17) is 23.1 Å². The van der Waals surface area contributed by atoms with Crippen molar-refractivity contribution >= 4 is 44.9 Å². The molecule has 0 radical (unpaired) electrons. The number of hydrogen-bond acceptors (Lipinski definition) is 13. The van der Waals surface area contributed by atoms with Gasteiger partial charge in [0.25, 0.3) is 5.91 Å². The van der Waals surface area contributed by atoms with Crippen LogP contribution in [0.4, 0.5) is 4.79 Å². The highest BCUT2D eigenvalue weighted by molar-refractivity contribution is 7.85. The number of alkyl carbamates (subject to hydrolysis) is 1. The van der Waals surface area contributed by atoms with E-state index in [0.717, 1.165) is 5.39 Å².